The predicted molar refractivity (Wildman–Crippen MR) is 128 cm³/mol. The van der Waals surface area contributed by atoms with Crippen LogP contribution in [0.4, 0.5) is 35.2 Å². The molecule has 0 N–H and O–H groups in total. The zero-order chi connectivity index (χ0) is 27.7. The van der Waals surface area contributed by atoms with Crippen molar-refractivity contribution in [1.82, 2.24) is 14.8 Å². The molecule has 0 spiro atoms. The summed E-state index contributed by atoms with van der Waals surface area (Å²) in [5.41, 5.74) is 2.12. The van der Waals surface area contributed by atoms with E-state index in [4.69, 9.17) is 13.6 Å². The minimum atomic E-state index is -2.70. The van der Waals surface area contributed by atoms with Crippen LogP contribution < -0.4 is 19.3 Å². The summed E-state index contributed by atoms with van der Waals surface area (Å²) < 4.78 is 71.5. The number of aryl methyl sites for hydroxylation is 1. The summed E-state index contributed by atoms with van der Waals surface area (Å²) in [6.45, 7) is -1.19. The van der Waals surface area contributed by atoms with Crippen LogP contribution in [0, 0.1) is 0 Å². The third-order valence-corrected chi connectivity index (χ3v) is 5.62. The number of methoxy groups -OCH3 is 1. The van der Waals surface area contributed by atoms with Crippen molar-refractivity contribution in [3.63, 3.8) is 0 Å². The number of pyridine rings is 1. The molecule has 0 radical (unpaired) electrons. The Morgan fingerprint density at radius 3 is 2.67 bits per heavy atom. The van der Waals surface area contributed by atoms with Gasteiger partial charge in [0.2, 0.25) is 5.88 Å². The van der Waals surface area contributed by atoms with E-state index in [2.05, 4.69) is 10.1 Å². The van der Waals surface area contributed by atoms with Crippen LogP contribution in [0.1, 0.15) is 9.68 Å². The summed E-state index contributed by atoms with van der Waals surface area (Å²) in [6.07, 6.45) is -1.01. The topological polar surface area (TPSA) is 72.7 Å². The number of ether oxygens (including phenoxy) is 2. The van der Waals surface area contributed by atoms with Gasteiger partial charge in [-0.3, -0.25) is 9.58 Å². The van der Waals surface area contributed by atoms with Gasteiger partial charge in [-0.05, 0) is 48.5 Å². The Hall–Kier alpha value is -4.28. The van der Waals surface area contributed by atoms with E-state index in [0.717, 1.165) is 0 Å². The first-order valence-corrected chi connectivity index (χ1v) is 11.0. The maximum Gasteiger partial charge on any atom is 0.335 e. The second kappa shape index (κ2) is 9.76. The summed E-state index contributed by atoms with van der Waals surface area (Å²) in [5.74, 6) is 0.173. The summed E-state index contributed by atoms with van der Waals surface area (Å²) in [5, 5.41) is 5.03. The van der Waals surface area contributed by atoms with Crippen molar-refractivity contribution >= 4 is 34.1 Å². The average Bonchev–Trinajstić information content (AvgIpc) is 3.29. The highest BCUT2D eigenvalue weighted by Gasteiger charge is 2.34. The van der Waals surface area contributed by atoms with Crippen molar-refractivity contribution in [2.24, 2.45) is 0 Å². The zero-order valence-corrected chi connectivity index (χ0v) is 18.8. The van der Waals surface area contributed by atoms with Crippen molar-refractivity contribution in [3.8, 4) is 11.6 Å². The highest BCUT2D eigenvalue weighted by Crippen LogP contribution is 2.38. The Labute approximate surface area is 208 Å². The smallest absolute Gasteiger partial charge is 0.335 e. The van der Waals surface area contributed by atoms with Crippen LogP contribution in [-0.2, 0) is 13.1 Å². The quantitative estimate of drug-likeness (QED) is 0.327. The molecule has 0 atom stereocenters. The molecule has 5 rings (SSSR count). The highest BCUT2D eigenvalue weighted by atomic mass is 19.3. The van der Waals surface area contributed by atoms with Crippen LogP contribution in [0.15, 0.2) is 60.8 Å². The van der Waals surface area contributed by atoms with E-state index in [-0.39, 0.29) is 30.5 Å². The molecular formula is C25H22F3N5O3. The number of amides is 2. The molecule has 4 aromatic rings. The van der Waals surface area contributed by atoms with Gasteiger partial charge < -0.3 is 9.47 Å². The van der Waals surface area contributed by atoms with Gasteiger partial charge in [-0.2, -0.15) is 10.1 Å². The van der Waals surface area contributed by atoms with Gasteiger partial charge in [0.05, 0.1) is 35.4 Å². The lowest BCUT2D eigenvalue weighted by atomic mass is 10.1. The molecule has 0 unspecified atom stereocenters. The number of hydrogen-bond acceptors (Lipinski definition) is 5. The van der Waals surface area contributed by atoms with Crippen molar-refractivity contribution in [3.05, 3.63) is 66.4 Å². The molecule has 0 saturated carbocycles. The van der Waals surface area contributed by atoms with E-state index >= 15 is 0 Å². The Morgan fingerprint density at radius 2 is 1.92 bits per heavy atom. The molecule has 0 bridgehead atoms. The molecule has 0 saturated heterocycles. The Morgan fingerprint density at radius 1 is 1.11 bits per heavy atom. The molecule has 0 aliphatic carbocycles. The minimum Gasteiger partial charge on any atom is -0.497 e. The number of alkyl halides is 3. The molecule has 2 amide bonds. The van der Waals surface area contributed by atoms with E-state index < -0.39 is 32.8 Å². The average molecular weight is 500 g/mol. The van der Waals surface area contributed by atoms with Gasteiger partial charge in [0.15, 0.2) is 6.61 Å². The van der Waals surface area contributed by atoms with Crippen LogP contribution in [-0.4, -0.2) is 47.5 Å². The fraction of sp³-hybridized carbons (Fsp3) is 0.240. The van der Waals surface area contributed by atoms with Crippen LogP contribution >= 0.6 is 0 Å². The third-order valence-electron chi connectivity index (χ3n) is 5.62. The van der Waals surface area contributed by atoms with E-state index in [1.54, 1.807) is 30.5 Å². The number of halogens is 3. The number of nitrogens with zero attached hydrogens (tertiary/aromatic N) is 5. The summed E-state index contributed by atoms with van der Waals surface area (Å²) in [4.78, 5) is 21.0. The molecule has 36 heavy (non-hydrogen) atoms. The largest absolute Gasteiger partial charge is 0.497 e. The van der Waals surface area contributed by atoms with Gasteiger partial charge in [0, 0.05) is 28.9 Å². The Kier molecular flexibility index (Phi) is 5.41. The van der Waals surface area contributed by atoms with Crippen LogP contribution in [0.3, 0.4) is 0 Å². The molecule has 2 aromatic heterocycles. The van der Waals surface area contributed by atoms with Gasteiger partial charge in [0.1, 0.15) is 18.2 Å². The second-order valence-electron chi connectivity index (χ2n) is 7.96. The Bertz CT molecular complexity index is 1500. The van der Waals surface area contributed by atoms with Gasteiger partial charge >= 0.3 is 6.03 Å². The summed E-state index contributed by atoms with van der Waals surface area (Å²) >= 11 is 0. The van der Waals surface area contributed by atoms with Crippen LogP contribution in [0.2, 0.25) is 0 Å². The van der Waals surface area contributed by atoms with Gasteiger partial charge in [0.25, 0.3) is 6.43 Å². The SMILES string of the molecule is [2H]C([2H])([2H])Oc1ccc(N2C(=O)N(c3ccc4nn(CCF)cc4c3)Cc3ccc(OCC(F)F)nc32)cc1. The maximum atomic E-state index is 13.9. The van der Waals surface area contributed by atoms with E-state index in [9.17, 15) is 18.0 Å². The number of urea groups is 1. The number of hydrogen-bond donors (Lipinski definition) is 0. The summed E-state index contributed by atoms with van der Waals surface area (Å²) in [6, 6.07) is 13.6. The van der Waals surface area contributed by atoms with Crippen LogP contribution in [0.25, 0.3) is 10.9 Å². The molecule has 1 aliphatic rings. The van der Waals surface area contributed by atoms with Gasteiger partial charge in [-0.15, -0.1) is 0 Å². The van der Waals surface area contributed by atoms with Crippen molar-refractivity contribution in [2.75, 3.05) is 30.1 Å². The first-order valence-electron chi connectivity index (χ1n) is 12.5. The number of carbonyl (C=O) groups is 1. The normalized spacial score (nSPS) is 15.0. The lowest BCUT2D eigenvalue weighted by molar-refractivity contribution is 0.0796. The molecule has 1 aliphatic heterocycles. The number of fused-ring (bicyclic) bond motifs is 2. The van der Waals surface area contributed by atoms with Crippen LogP contribution in [0.5, 0.6) is 11.6 Å². The lowest BCUT2D eigenvalue weighted by Gasteiger charge is -2.36. The predicted octanol–water partition coefficient (Wildman–Crippen LogP) is 5.33. The number of carbonyl (C=O) groups excluding carboxylic acids is 1. The number of rotatable bonds is 8. The zero-order valence-electron chi connectivity index (χ0n) is 21.8. The van der Waals surface area contributed by atoms with Crippen molar-refractivity contribution in [2.45, 2.75) is 19.5 Å². The molecule has 0 fully saturated rings. The first kappa shape index (κ1) is 20.0. The molecular weight excluding hydrogens is 475 g/mol. The molecule has 8 nitrogen and oxygen atoms in total. The van der Waals surface area contributed by atoms with Crippen molar-refractivity contribution in [1.29, 1.82) is 0 Å². The third kappa shape index (κ3) is 4.51. The number of aromatic nitrogens is 3. The maximum absolute atomic E-state index is 13.9. The Balaban J connectivity index is 1.54. The standard InChI is InChI=1S/C25H22F3N5O3/c1-35-20-6-3-18(4-7-20)33-24-16(2-9-23(29-24)36-15-22(27)28)14-32(25(33)34)19-5-8-21-17(12-19)13-31(30-21)11-10-26/h2-9,12-13,22H,10-11,14-15H2,1H3/i1D3. The van der Waals surface area contributed by atoms with E-state index in [1.165, 1.54) is 44.8 Å². The van der Waals surface area contributed by atoms with Gasteiger partial charge in [-0.1, -0.05) is 0 Å². The minimum absolute atomic E-state index is 0.0676. The molecule has 2 aromatic carbocycles. The fourth-order valence-corrected chi connectivity index (χ4v) is 3.99. The van der Waals surface area contributed by atoms with E-state index in [1.807, 2.05) is 0 Å². The number of benzene rings is 2. The first-order chi connectivity index (χ1) is 18.6. The molecule has 11 heteroatoms. The lowest BCUT2D eigenvalue weighted by Crippen LogP contribution is -2.45. The summed E-state index contributed by atoms with van der Waals surface area (Å²) in [7, 11) is -2.65. The van der Waals surface area contributed by atoms with Gasteiger partial charge in [-0.25, -0.2) is 22.9 Å². The molecule has 3 heterocycles. The van der Waals surface area contributed by atoms with Crippen molar-refractivity contribution < 1.29 is 31.6 Å². The molecule has 186 valence electrons. The second-order valence-corrected chi connectivity index (χ2v) is 7.96. The highest BCUT2D eigenvalue weighted by molar-refractivity contribution is 6.10. The monoisotopic (exact) mass is 500 g/mol. The fourth-order valence-electron chi connectivity index (χ4n) is 3.99. The number of anilines is 3. The van der Waals surface area contributed by atoms with E-state index in [0.29, 0.717) is 27.8 Å².